The smallest absolute Gasteiger partial charge is 0.243 e. The Labute approximate surface area is 221 Å². The molecule has 1 aromatic heterocycles. The fourth-order valence-corrected chi connectivity index (χ4v) is 5.97. The Morgan fingerprint density at radius 3 is 2.49 bits per heavy atom. The molecule has 0 unspecified atom stereocenters. The van der Waals surface area contributed by atoms with Gasteiger partial charge in [0.15, 0.2) is 0 Å². The third-order valence-electron chi connectivity index (χ3n) is 5.67. The molecule has 0 bridgehead atoms. The van der Waals surface area contributed by atoms with Crippen LogP contribution in [0.3, 0.4) is 0 Å². The summed E-state index contributed by atoms with van der Waals surface area (Å²) in [5.74, 6) is 0.192. The van der Waals surface area contributed by atoms with Crippen molar-refractivity contribution in [2.45, 2.75) is 32.2 Å². The van der Waals surface area contributed by atoms with Crippen molar-refractivity contribution in [2.24, 2.45) is 0 Å². The van der Waals surface area contributed by atoms with Crippen LogP contribution >= 0.6 is 11.3 Å². The molecule has 192 valence electrons. The third-order valence-corrected chi connectivity index (χ3v) is 8.23. The number of aromatic nitrogens is 1. The minimum absolute atomic E-state index is 0.0565. The molecule has 37 heavy (non-hydrogen) atoms. The van der Waals surface area contributed by atoms with Crippen molar-refractivity contribution in [1.29, 1.82) is 0 Å². The van der Waals surface area contributed by atoms with Crippen LogP contribution < -0.4 is 10.1 Å². The summed E-state index contributed by atoms with van der Waals surface area (Å²) >= 11 is 1.55. The zero-order valence-corrected chi connectivity index (χ0v) is 22.6. The minimum Gasteiger partial charge on any atom is -0.494 e. The third kappa shape index (κ3) is 6.62. The molecule has 0 aliphatic carbocycles. The van der Waals surface area contributed by atoms with Crippen LogP contribution in [0.1, 0.15) is 23.1 Å². The SMILES string of the molecule is CCOc1ccc(S(=O)(=O)N(CC(=O)Nc2cccc(-c3csc(C)n3)c2)Cc2ccccc2)cc1C. The van der Waals surface area contributed by atoms with Crippen LogP contribution in [-0.2, 0) is 21.4 Å². The number of aryl methyl sites for hydroxylation is 2. The normalized spacial score (nSPS) is 11.5. The number of carbonyl (C=O) groups is 1. The van der Waals surface area contributed by atoms with E-state index in [2.05, 4.69) is 10.3 Å². The molecular formula is C28H29N3O4S2. The lowest BCUT2D eigenvalue weighted by Gasteiger charge is -2.22. The number of rotatable bonds is 10. The van der Waals surface area contributed by atoms with Crippen LogP contribution in [0.2, 0.25) is 0 Å². The molecule has 0 fully saturated rings. The molecule has 9 heteroatoms. The van der Waals surface area contributed by atoms with Gasteiger partial charge in [-0.1, -0.05) is 42.5 Å². The highest BCUT2D eigenvalue weighted by molar-refractivity contribution is 7.89. The van der Waals surface area contributed by atoms with Gasteiger partial charge in [0.05, 0.1) is 28.7 Å². The molecule has 0 saturated heterocycles. The van der Waals surface area contributed by atoms with Crippen LogP contribution in [-0.4, -0.2) is 36.8 Å². The molecule has 1 amide bonds. The highest BCUT2D eigenvalue weighted by atomic mass is 32.2. The van der Waals surface area contributed by atoms with E-state index in [1.54, 1.807) is 36.5 Å². The maximum absolute atomic E-state index is 13.7. The van der Waals surface area contributed by atoms with Gasteiger partial charge in [-0.05, 0) is 62.2 Å². The number of amides is 1. The van der Waals surface area contributed by atoms with Gasteiger partial charge in [-0.25, -0.2) is 13.4 Å². The van der Waals surface area contributed by atoms with Crippen molar-refractivity contribution in [3.05, 3.63) is 94.3 Å². The molecule has 0 aliphatic rings. The molecular weight excluding hydrogens is 506 g/mol. The summed E-state index contributed by atoms with van der Waals surface area (Å²) in [4.78, 5) is 17.7. The van der Waals surface area contributed by atoms with E-state index in [1.165, 1.54) is 10.4 Å². The molecule has 4 rings (SSSR count). The van der Waals surface area contributed by atoms with E-state index in [-0.39, 0.29) is 18.0 Å². The lowest BCUT2D eigenvalue weighted by atomic mass is 10.1. The van der Waals surface area contributed by atoms with Gasteiger partial charge in [0.1, 0.15) is 5.75 Å². The number of anilines is 1. The minimum atomic E-state index is -3.98. The number of ether oxygens (including phenoxy) is 1. The Kier molecular flexibility index (Phi) is 8.38. The molecule has 0 radical (unpaired) electrons. The fourth-order valence-electron chi connectivity index (χ4n) is 3.87. The van der Waals surface area contributed by atoms with E-state index >= 15 is 0 Å². The summed E-state index contributed by atoms with van der Waals surface area (Å²) in [6.45, 7) is 5.81. The summed E-state index contributed by atoms with van der Waals surface area (Å²) in [5.41, 5.74) is 3.77. The van der Waals surface area contributed by atoms with E-state index in [0.29, 0.717) is 23.6 Å². The summed E-state index contributed by atoms with van der Waals surface area (Å²) in [6.07, 6.45) is 0. The number of nitrogens with one attached hydrogen (secondary N) is 1. The Bertz CT molecular complexity index is 1480. The maximum atomic E-state index is 13.7. The first kappa shape index (κ1) is 26.5. The number of hydrogen-bond donors (Lipinski definition) is 1. The van der Waals surface area contributed by atoms with E-state index in [9.17, 15) is 13.2 Å². The van der Waals surface area contributed by atoms with Crippen LogP contribution in [0.4, 0.5) is 5.69 Å². The van der Waals surface area contributed by atoms with Gasteiger partial charge in [0.2, 0.25) is 15.9 Å². The molecule has 1 heterocycles. The molecule has 0 atom stereocenters. The standard InChI is InChI=1S/C28H29N3O4S2/c1-4-35-27-14-13-25(15-20(27)2)37(33,34)31(17-22-9-6-5-7-10-22)18-28(32)30-24-12-8-11-23(16-24)26-19-36-21(3)29-26/h5-16,19H,4,17-18H2,1-3H3,(H,30,32). The number of nitrogens with zero attached hydrogens (tertiary/aromatic N) is 2. The van der Waals surface area contributed by atoms with Gasteiger partial charge in [0.25, 0.3) is 0 Å². The predicted molar refractivity (Wildman–Crippen MR) is 147 cm³/mol. The van der Waals surface area contributed by atoms with E-state index in [0.717, 1.165) is 21.8 Å². The zero-order chi connectivity index (χ0) is 26.4. The predicted octanol–water partition coefficient (Wildman–Crippen LogP) is 5.66. The lowest BCUT2D eigenvalue weighted by Crippen LogP contribution is -2.37. The largest absolute Gasteiger partial charge is 0.494 e. The van der Waals surface area contributed by atoms with Crippen molar-refractivity contribution in [1.82, 2.24) is 9.29 Å². The number of hydrogen-bond acceptors (Lipinski definition) is 6. The fraction of sp³-hybridized carbons (Fsp3) is 0.214. The van der Waals surface area contributed by atoms with Crippen LogP contribution in [0.15, 0.2) is 83.1 Å². The van der Waals surface area contributed by atoms with Crippen LogP contribution in [0, 0.1) is 13.8 Å². The van der Waals surface area contributed by atoms with Crippen LogP contribution in [0.25, 0.3) is 11.3 Å². The van der Waals surface area contributed by atoms with Gasteiger partial charge in [-0.2, -0.15) is 4.31 Å². The van der Waals surface area contributed by atoms with Crippen molar-refractivity contribution >= 4 is 33.0 Å². The zero-order valence-electron chi connectivity index (χ0n) is 21.0. The highest BCUT2D eigenvalue weighted by Gasteiger charge is 2.27. The van der Waals surface area contributed by atoms with Gasteiger partial charge in [-0.3, -0.25) is 4.79 Å². The topological polar surface area (TPSA) is 88.6 Å². The molecule has 7 nitrogen and oxygen atoms in total. The second-order valence-corrected chi connectivity index (χ2v) is 11.5. The quantitative estimate of drug-likeness (QED) is 0.283. The Hall–Kier alpha value is -3.53. The summed E-state index contributed by atoms with van der Waals surface area (Å²) in [7, 11) is -3.98. The number of sulfonamides is 1. The summed E-state index contributed by atoms with van der Waals surface area (Å²) in [5, 5.41) is 5.76. The van der Waals surface area contributed by atoms with Gasteiger partial charge in [-0.15, -0.1) is 11.3 Å². The van der Waals surface area contributed by atoms with Crippen LogP contribution in [0.5, 0.6) is 5.75 Å². The number of thiazole rings is 1. The molecule has 0 saturated carbocycles. The molecule has 3 aromatic carbocycles. The second-order valence-electron chi connectivity index (χ2n) is 8.50. The average molecular weight is 536 g/mol. The van der Waals surface area contributed by atoms with Crippen molar-refractivity contribution in [3.8, 4) is 17.0 Å². The Morgan fingerprint density at radius 2 is 1.81 bits per heavy atom. The Morgan fingerprint density at radius 1 is 1.03 bits per heavy atom. The van der Waals surface area contributed by atoms with Crippen molar-refractivity contribution < 1.29 is 17.9 Å². The number of benzene rings is 3. The maximum Gasteiger partial charge on any atom is 0.243 e. The summed E-state index contributed by atoms with van der Waals surface area (Å²) in [6, 6.07) is 21.3. The van der Waals surface area contributed by atoms with Gasteiger partial charge < -0.3 is 10.1 Å². The van der Waals surface area contributed by atoms with Gasteiger partial charge in [0, 0.05) is 23.2 Å². The molecule has 1 N–H and O–H groups in total. The average Bonchev–Trinajstić information content (AvgIpc) is 3.32. The summed E-state index contributed by atoms with van der Waals surface area (Å²) < 4.78 is 34.1. The van der Waals surface area contributed by atoms with E-state index < -0.39 is 15.9 Å². The van der Waals surface area contributed by atoms with Crippen molar-refractivity contribution in [2.75, 3.05) is 18.5 Å². The first-order chi connectivity index (χ1) is 17.8. The van der Waals surface area contributed by atoms with E-state index in [1.807, 2.05) is 67.8 Å². The first-order valence-electron chi connectivity index (χ1n) is 11.9. The molecule has 4 aromatic rings. The van der Waals surface area contributed by atoms with E-state index in [4.69, 9.17) is 4.74 Å². The highest BCUT2D eigenvalue weighted by Crippen LogP contribution is 2.26. The van der Waals surface area contributed by atoms with Crippen molar-refractivity contribution in [3.63, 3.8) is 0 Å². The second kappa shape index (κ2) is 11.7. The Balaban J connectivity index is 1.58. The molecule has 0 aliphatic heterocycles. The molecule has 0 spiro atoms. The van der Waals surface area contributed by atoms with Gasteiger partial charge >= 0.3 is 0 Å². The number of carbonyl (C=O) groups excluding carboxylic acids is 1. The lowest BCUT2D eigenvalue weighted by molar-refractivity contribution is -0.116. The monoisotopic (exact) mass is 535 g/mol. The first-order valence-corrected chi connectivity index (χ1v) is 14.2.